The van der Waals surface area contributed by atoms with Gasteiger partial charge in [0.2, 0.25) is 0 Å². The number of hydrogen-bond donors (Lipinski definition) is 3. The first-order valence-electron chi connectivity index (χ1n) is 12.8. The van der Waals surface area contributed by atoms with E-state index < -0.39 is 0 Å². The fourth-order valence-electron chi connectivity index (χ4n) is 4.43. The molecule has 2 aliphatic rings. The van der Waals surface area contributed by atoms with Gasteiger partial charge in [-0.25, -0.2) is 4.98 Å². The summed E-state index contributed by atoms with van der Waals surface area (Å²) in [6.45, 7) is 2.63. The normalized spacial score (nSPS) is 20.7. The lowest BCUT2D eigenvalue weighted by atomic mass is 9.95. The van der Waals surface area contributed by atoms with Gasteiger partial charge in [0.25, 0.3) is 0 Å². The fraction of sp³-hybridized carbons (Fsp3) is 0.267. The number of ether oxygens (including phenoxy) is 1. The summed E-state index contributed by atoms with van der Waals surface area (Å²) in [5.41, 5.74) is 11.9. The van der Waals surface area contributed by atoms with Crippen LogP contribution in [0.2, 0.25) is 0 Å². The van der Waals surface area contributed by atoms with E-state index in [0.717, 1.165) is 45.3 Å². The molecule has 3 aromatic rings. The Morgan fingerprint density at radius 3 is 2.79 bits per heavy atom. The lowest BCUT2D eigenvalue weighted by Crippen LogP contribution is -2.45. The highest BCUT2D eigenvalue weighted by Crippen LogP contribution is 2.29. The number of nitrogens with zero attached hydrogens (tertiary/aromatic N) is 2. The van der Waals surface area contributed by atoms with Crippen LogP contribution in [0, 0.1) is 0 Å². The zero-order chi connectivity index (χ0) is 26.3. The van der Waals surface area contributed by atoms with Gasteiger partial charge >= 0.3 is 0 Å². The van der Waals surface area contributed by atoms with Gasteiger partial charge in [0.15, 0.2) is 5.13 Å². The molecule has 5 rings (SSSR count). The van der Waals surface area contributed by atoms with E-state index in [9.17, 15) is 0 Å². The number of nitrogens with two attached hydrogens (primary N) is 1. The van der Waals surface area contributed by atoms with Gasteiger partial charge in [-0.1, -0.05) is 54.6 Å². The average molecular weight is 546 g/mol. The maximum atomic E-state index is 6.64. The predicted octanol–water partition coefficient (Wildman–Crippen LogP) is 6.34. The number of pyridine rings is 1. The summed E-state index contributed by atoms with van der Waals surface area (Å²) in [4.78, 5) is 9.16. The Kier molecular flexibility index (Phi) is 8.71. The molecule has 4 atom stereocenters. The van der Waals surface area contributed by atoms with Crippen molar-refractivity contribution < 1.29 is 4.74 Å². The van der Waals surface area contributed by atoms with E-state index in [1.165, 1.54) is 0 Å². The molecule has 0 saturated carbocycles. The Morgan fingerprint density at radius 1 is 1.16 bits per heavy atom. The Balaban J connectivity index is 1.37. The molecule has 0 spiro atoms. The van der Waals surface area contributed by atoms with Gasteiger partial charge in [0, 0.05) is 29.9 Å². The second-order valence-corrected chi connectivity index (χ2v) is 10.8. The topological polar surface area (TPSA) is 85.1 Å². The molecule has 8 heteroatoms. The van der Waals surface area contributed by atoms with Crippen LogP contribution in [0.25, 0.3) is 5.57 Å². The Bertz CT molecular complexity index is 1330. The predicted molar refractivity (Wildman–Crippen MR) is 157 cm³/mol. The third kappa shape index (κ3) is 6.79. The second kappa shape index (κ2) is 12.5. The molecular formula is C30H32ClN5OS. The van der Waals surface area contributed by atoms with Gasteiger partial charge in [-0.3, -0.25) is 10.3 Å². The summed E-state index contributed by atoms with van der Waals surface area (Å²) in [5.74, 6) is 0.820. The Hall–Kier alpha value is -3.23. The van der Waals surface area contributed by atoms with Crippen LogP contribution in [-0.4, -0.2) is 27.6 Å². The van der Waals surface area contributed by atoms with Gasteiger partial charge in [-0.15, -0.1) is 22.9 Å². The number of halogens is 1. The largest absolute Gasteiger partial charge is 0.489 e. The number of benzene rings is 1. The van der Waals surface area contributed by atoms with Crippen molar-refractivity contribution in [3.8, 4) is 0 Å². The lowest BCUT2D eigenvalue weighted by Gasteiger charge is -2.31. The van der Waals surface area contributed by atoms with Crippen LogP contribution < -0.4 is 16.4 Å². The molecule has 38 heavy (non-hydrogen) atoms. The van der Waals surface area contributed by atoms with Crippen LogP contribution in [-0.2, 0) is 11.3 Å². The van der Waals surface area contributed by atoms with Crippen LogP contribution in [0.3, 0.4) is 0 Å². The molecule has 0 saturated heterocycles. The first-order valence-corrected chi connectivity index (χ1v) is 14.1. The molecule has 4 N–H and O–H groups in total. The summed E-state index contributed by atoms with van der Waals surface area (Å²) in [7, 11) is 0. The summed E-state index contributed by atoms with van der Waals surface area (Å²) >= 11 is 7.78. The van der Waals surface area contributed by atoms with E-state index in [1.54, 1.807) is 17.5 Å². The van der Waals surface area contributed by atoms with Crippen LogP contribution in [0.15, 0.2) is 102 Å². The number of alkyl halides is 1. The first-order chi connectivity index (χ1) is 18.5. The van der Waals surface area contributed by atoms with Crippen molar-refractivity contribution in [3.05, 3.63) is 119 Å². The van der Waals surface area contributed by atoms with Gasteiger partial charge in [-0.05, 0) is 60.3 Å². The average Bonchev–Trinajstić information content (AvgIpc) is 3.42. The minimum atomic E-state index is -0.258. The molecule has 196 valence electrons. The van der Waals surface area contributed by atoms with E-state index in [4.69, 9.17) is 27.1 Å². The molecular weight excluding hydrogens is 514 g/mol. The van der Waals surface area contributed by atoms with Crippen molar-refractivity contribution in [2.75, 3.05) is 5.32 Å². The van der Waals surface area contributed by atoms with Gasteiger partial charge < -0.3 is 15.8 Å². The summed E-state index contributed by atoms with van der Waals surface area (Å²) in [5, 5.41) is 10.2. The van der Waals surface area contributed by atoms with Crippen molar-refractivity contribution >= 4 is 33.6 Å². The summed E-state index contributed by atoms with van der Waals surface area (Å²) in [6.07, 6.45) is 15.2. The van der Waals surface area contributed by atoms with Crippen LogP contribution in [0.5, 0.6) is 0 Å². The highest BCUT2D eigenvalue weighted by Gasteiger charge is 2.26. The minimum absolute atomic E-state index is 0.0259. The van der Waals surface area contributed by atoms with E-state index in [1.807, 2.05) is 42.6 Å². The number of rotatable bonds is 10. The zero-order valence-corrected chi connectivity index (χ0v) is 22.8. The van der Waals surface area contributed by atoms with Crippen molar-refractivity contribution in [1.82, 2.24) is 15.3 Å². The number of thiazole rings is 1. The molecule has 0 radical (unpaired) electrons. The second-order valence-electron chi connectivity index (χ2n) is 9.43. The number of aromatic nitrogens is 2. The van der Waals surface area contributed by atoms with Gasteiger partial charge in [0.05, 0.1) is 11.1 Å². The van der Waals surface area contributed by atoms with Crippen molar-refractivity contribution in [1.29, 1.82) is 0 Å². The van der Waals surface area contributed by atoms with E-state index >= 15 is 0 Å². The quantitative estimate of drug-likeness (QED) is 0.204. The number of hydrogen-bond acceptors (Lipinski definition) is 7. The summed E-state index contributed by atoms with van der Waals surface area (Å²) < 4.78 is 6.15. The molecule has 1 aromatic carbocycles. The van der Waals surface area contributed by atoms with E-state index in [2.05, 4.69) is 64.3 Å². The number of allylic oxidation sites excluding steroid dienone is 5. The Labute approximate surface area is 233 Å². The molecule has 0 amide bonds. The molecule has 2 aliphatic carbocycles. The smallest absolute Gasteiger partial charge is 0.184 e. The van der Waals surface area contributed by atoms with E-state index in [0.29, 0.717) is 13.0 Å². The lowest BCUT2D eigenvalue weighted by molar-refractivity contribution is 0.207. The summed E-state index contributed by atoms with van der Waals surface area (Å²) in [6, 6.07) is 14.0. The highest BCUT2D eigenvalue weighted by molar-refractivity contribution is 7.13. The third-order valence-electron chi connectivity index (χ3n) is 6.61. The Morgan fingerprint density at radius 2 is 2.03 bits per heavy atom. The molecule has 0 aliphatic heterocycles. The third-order valence-corrected chi connectivity index (χ3v) is 7.71. The van der Waals surface area contributed by atoms with Gasteiger partial charge in [0.1, 0.15) is 18.5 Å². The molecule has 2 heterocycles. The van der Waals surface area contributed by atoms with Crippen LogP contribution in [0.4, 0.5) is 5.13 Å². The monoisotopic (exact) mass is 545 g/mol. The van der Waals surface area contributed by atoms with Crippen LogP contribution in [0.1, 0.15) is 42.6 Å². The maximum absolute atomic E-state index is 6.64. The van der Waals surface area contributed by atoms with Crippen molar-refractivity contribution in [2.24, 2.45) is 5.73 Å². The minimum Gasteiger partial charge on any atom is -0.489 e. The van der Waals surface area contributed by atoms with E-state index in [-0.39, 0.29) is 23.6 Å². The number of nitrogens with one attached hydrogen (secondary N) is 2. The van der Waals surface area contributed by atoms with Gasteiger partial charge in [-0.2, -0.15) is 0 Å². The SMILES string of the molecule is CC(NC(Nc1nc(C2=CCC(Cl)C=C2)cs1)C1=CC(OCc2ccccc2)=CCC1N)c1cccnc1. The fourth-order valence-corrected chi connectivity index (χ4v) is 5.34. The van der Waals surface area contributed by atoms with Crippen molar-refractivity contribution in [2.45, 2.75) is 50.0 Å². The molecule has 6 nitrogen and oxygen atoms in total. The van der Waals surface area contributed by atoms with Crippen molar-refractivity contribution in [3.63, 3.8) is 0 Å². The molecule has 2 aromatic heterocycles. The standard InChI is InChI=1S/C30H32ClN5OS/c1-20(23-8-5-15-33-17-23)34-29(36-30-35-28(19-38-30)22-9-11-24(31)12-10-22)26-16-25(13-14-27(26)32)37-18-21-6-3-2-4-7-21/h2-11,13,15-17,19-20,24,27,29,34H,12,14,18,32H2,1H3,(H,35,36). The molecule has 0 bridgehead atoms. The first kappa shape index (κ1) is 26.4. The molecule has 0 fully saturated rings. The highest BCUT2D eigenvalue weighted by atomic mass is 35.5. The molecule has 4 unspecified atom stereocenters. The van der Waals surface area contributed by atoms with Crippen LogP contribution >= 0.6 is 22.9 Å². The zero-order valence-electron chi connectivity index (χ0n) is 21.3. The maximum Gasteiger partial charge on any atom is 0.184 e. The number of anilines is 1.